The number of hydrogen-bond donors (Lipinski definition) is 1. The Morgan fingerprint density at radius 3 is 2.02 bits per heavy atom. The molecule has 1 saturated heterocycles. The van der Waals surface area contributed by atoms with Gasteiger partial charge in [-0.25, -0.2) is 9.78 Å². The first-order valence-corrected chi connectivity index (χ1v) is 13.2. The molecule has 3 aromatic rings. The van der Waals surface area contributed by atoms with Crippen LogP contribution in [0.25, 0.3) is 22.4 Å². The van der Waals surface area contributed by atoms with E-state index >= 15 is 0 Å². The number of aromatic nitrogens is 2. The number of rotatable bonds is 10. The van der Waals surface area contributed by atoms with Crippen LogP contribution in [-0.4, -0.2) is 83.7 Å². The number of benzene rings is 2. The first kappa shape index (κ1) is 31.0. The topological polar surface area (TPSA) is 179 Å². The van der Waals surface area contributed by atoms with E-state index in [2.05, 4.69) is 9.97 Å². The monoisotopic (exact) mass is 598 g/mol. The zero-order chi connectivity index (χ0) is 31.1. The summed E-state index contributed by atoms with van der Waals surface area (Å²) in [7, 11) is 0. The van der Waals surface area contributed by atoms with E-state index in [0.29, 0.717) is 11.6 Å². The smallest absolute Gasteiger partial charge is 0.346 e. The first-order valence-electron chi connectivity index (χ1n) is 13.2. The molecule has 0 radical (unpaired) electrons. The Morgan fingerprint density at radius 1 is 0.767 bits per heavy atom. The molecule has 0 amide bonds. The third-order valence-corrected chi connectivity index (χ3v) is 6.07. The highest BCUT2D eigenvalue weighted by Gasteiger charge is 2.53. The van der Waals surface area contributed by atoms with Crippen molar-refractivity contribution in [3.63, 3.8) is 0 Å². The number of aromatic amines is 1. The highest BCUT2D eigenvalue weighted by atomic mass is 16.8. The van der Waals surface area contributed by atoms with Crippen LogP contribution in [0.2, 0.25) is 0 Å². The molecule has 1 fully saturated rings. The van der Waals surface area contributed by atoms with Crippen LogP contribution in [0.1, 0.15) is 27.7 Å². The number of H-pyrrole nitrogens is 1. The van der Waals surface area contributed by atoms with Crippen molar-refractivity contribution >= 4 is 40.9 Å². The van der Waals surface area contributed by atoms with Gasteiger partial charge < -0.3 is 38.1 Å². The van der Waals surface area contributed by atoms with Crippen molar-refractivity contribution in [1.29, 1.82) is 0 Å². The molecule has 1 N–H and O–H groups in total. The zero-order valence-corrected chi connectivity index (χ0v) is 23.8. The minimum atomic E-state index is -1.65. The second-order valence-electron chi connectivity index (χ2n) is 9.47. The van der Waals surface area contributed by atoms with Gasteiger partial charge in [-0.05, 0) is 36.4 Å². The summed E-state index contributed by atoms with van der Waals surface area (Å²) in [5.74, 6) is -3.02. The summed E-state index contributed by atoms with van der Waals surface area (Å²) < 4.78 is 37.6. The number of para-hydroxylation sites is 2. The fourth-order valence-corrected chi connectivity index (χ4v) is 4.39. The molecule has 1 aliphatic heterocycles. The Bertz CT molecular complexity index is 1450. The number of imidazole rings is 1. The predicted molar refractivity (Wildman–Crippen MR) is 145 cm³/mol. The second-order valence-corrected chi connectivity index (χ2v) is 9.47. The quantitative estimate of drug-likeness (QED) is 0.265. The lowest BCUT2D eigenvalue weighted by Crippen LogP contribution is -2.63. The van der Waals surface area contributed by atoms with E-state index in [1.54, 1.807) is 24.3 Å². The molecule has 0 spiro atoms. The Balaban J connectivity index is 1.47. The van der Waals surface area contributed by atoms with Crippen molar-refractivity contribution in [1.82, 2.24) is 9.97 Å². The number of ether oxygens (including phenoxy) is 7. The summed E-state index contributed by atoms with van der Waals surface area (Å²) in [6.07, 6.45) is -7.28. The van der Waals surface area contributed by atoms with Gasteiger partial charge in [-0.15, -0.1) is 0 Å². The van der Waals surface area contributed by atoms with Gasteiger partial charge in [0.25, 0.3) is 0 Å². The zero-order valence-electron chi connectivity index (χ0n) is 23.8. The highest BCUT2D eigenvalue weighted by molar-refractivity contribution is 5.79. The van der Waals surface area contributed by atoms with Gasteiger partial charge in [-0.3, -0.25) is 19.2 Å². The lowest BCUT2D eigenvalue weighted by Gasteiger charge is -2.43. The molecule has 0 bridgehead atoms. The molecule has 43 heavy (non-hydrogen) atoms. The number of carbonyl (C=O) groups excluding carboxylic acids is 5. The summed E-state index contributed by atoms with van der Waals surface area (Å²) in [6, 6.07) is 14.4. The largest absolute Gasteiger partial charge is 0.482 e. The van der Waals surface area contributed by atoms with Crippen LogP contribution < -0.4 is 4.74 Å². The van der Waals surface area contributed by atoms with Crippen LogP contribution in [-0.2, 0) is 52.4 Å². The maximum Gasteiger partial charge on any atom is 0.346 e. The number of carbonyl (C=O) groups is 5. The van der Waals surface area contributed by atoms with Crippen LogP contribution in [0.15, 0.2) is 48.5 Å². The van der Waals surface area contributed by atoms with Gasteiger partial charge in [0.2, 0.25) is 12.4 Å². The number of nitrogens with zero attached hydrogens (tertiary/aromatic N) is 1. The first-order chi connectivity index (χ1) is 20.5. The van der Waals surface area contributed by atoms with E-state index in [9.17, 15) is 24.0 Å². The average molecular weight is 599 g/mol. The van der Waals surface area contributed by atoms with Gasteiger partial charge in [0.1, 0.15) is 24.3 Å². The minimum Gasteiger partial charge on any atom is -0.482 e. The third kappa shape index (κ3) is 8.29. The second kappa shape index (κ2) is 13.8. The van der Waals surface area contributed by atoms with Crippen molar-refractivity contribution in [2.75, 3.05) is 13.2 Å². The lowest BCUT2D eigenvalue weighted by molar-refractivity contribution is -0.301. The number of fused-ring (bicyclic) bond motifs is 1. The summed E-state index contributed by atoms with van der Waals surface area (Å²) in [6.45, 7) is 3.37. The van der Waals surface area contributed by atoms with Crippen molar-refractivity contribution in [3.8, 4) is 17.1 Å². The maximum absolute atomic E-state index is 12.8. The Labute approximate surface area is 245 Å². The average Bonchev–Trinajstić information content (AvgIpc) is 3.38. The summed E-state index contributed by atoms with van der Waals surface area (Å²) in [5, 5.41) is 0. The van der Waals surface area contributed by atoms with Crippen molar-refractivity contribution in [3.05, 3.63) is 48.5 Å². The predicted octanol–water partition coefficient (Wildman–Crippen LogP) is 2.23. The molecule has 1 aromatic heterocycles. The van der Waals surface area contributed by atoms with Crippen LogP contribution in [0.3, 0.4) is 0 Å². The minimum absolute atomic E-state index is 0.346. The molecule has 2 aromatic carbocycles. The van der Waals surface area contributed by atoms with E-state index in [0.717, 1.165) is 44.3 Å². The van der Waals surface area contributed by atoms with E-state index < -0.39 is 73.8 Å². The molecule has 2 heterocycles. The van der Waals surface area contributed by atoms with Crippen molar-refractivity contribution in [2.45, 2.75) is 58.4 Å². The fourth-order valence-electron chi connectivity index (χ4n) is 4.39. The molecule has 0 saturated carbocycles. The summed E-state index contributed by atoms with van der Waals surface area (Å²) >= 11 is 0. The number of nitrogens with one attached hydrogen (secondary N) is 1. The molecule has 0 aliphatic carbocycles. The molecule has 4 rings (SSSR count). The van der Waals surface area contributed by atoms with Gasteiger partial charge in [-0.1, -0.05) is 12.1 Å². The van der Waals surface area contributed by atoms with Crippen LogP contribution in [0.5, 0.6) is 5.75 Å². The molecule has 228 valence electrons. The van der Waals surface area contributed by atoms with Gasteiger partial charge in [-0.2, -0.15) is 0 Å². The van der Waals surface area contributed by atoms with Gasteiger partial charge >= 0.3 is 29.8 Å². The molecule has 1 aliphatic rings. The normalized spacial score (nSPS) is 21.3. The highest BCUT2D eigenvalue weighted by Crippen LogP contribution is 2.30. The van der Waals surface area contributed by atoms with Crippen molar-refractivity contribution < 1.29 is 57.1 Å². The number of hydrogen-bond acceptors (Lipinski definition) is 13. The molecular weight excluding hydrogens is 568 g/mol. The van der Waals surface area contributed by atoms with Gasteiger partial charge in [0.05, 0.1) is 11.0 Å². The summed E-state index contributed by atoms with van der Waals surface area (Å²) in [5.41, 5.74) is 2.51. The van der Waals surface area contributed by atoms with Crippen LogP contribution in [0.4, 0.5) is 0 Å². The Hall–Kier alpha value is -4.98. The Kier molecular flexibility index (Phi) is 9.93. The van der Waals surface area contributed by atoms with Crippen LogP contribution >= 0.6 is 0 Å². The summed E-state index contributed by atoms with van der Waals surface area (Å²) in [4.78, 5) is 67.7. The lowest BCUT2D eigenvalue weighted by atomic mass is 9.98. The van der Waals surface area contributed by atoms with E-state index in [1.807, 2.05) is 24.3 Å². The van der Waals surface area contributed by atoms with E-state index in [1.165, 1.54) is 0 Å². The molecule has 14 nitrogen and oxygen atoms in total. The van der Waals surface area contributed by atoms with Crippen molar-refractivity contribution in [2.24, 2.45) is 0 Å². The fraction of sp³-hybridized carbons (Fsp3) is 0.379. The molecule has 5 atom stereocenters. The van der Waals surface area contributed by atoms with Crippen LogP contribution in [0, 0.1) is 0 Å². The molecule has 0 unspecified atom stereocenters. The molecular formula is C29H30N2O12. The Morgan fingerprint density at radius 2 is 1.40 bits per heavy atom. The maximum atomic E-state index is 12.8. The van der Waals surface area contributed by atoms with Gasteiger partial charge in [0.15, 0.2) is 18.8 Å². The third-order valence-electron chi connectivity index (χ3n) is 6.07. The van der Waals surface area contributed by atoms with E-state index in [-0.39, 0.29) is 0 Å². The standard InChI is InChI=1S/C29H30N2O12/c1-15(32)37-13-23-25(39-16(2)33)26(40-17(3)34)27(41-18(4)35)29(42-23)43-24(36)14-38-20-11-9-19(10-12-20)28-30-21-7-5-6-8-22(21)31-28/h5-12,23,25-27,29H,13-14H2,1-4H3,(H,30,31)/t23-,25+,26+,27-,29+/m1/s1. The van der Waals surface area contributed by atoms with Gasteiger partial charge in [0, 0.05) is 33.3 Å². The number of esters is 5. The molecule has 14 heteroatoms. The van der Waals surface area contributed by atoms with E-state index in [4.69, 9.17) is 33.2 Å². The SMILES string of the molecule is CC(=O)OC[C@H]1O[C@@H](OC(=O)COc2ccc(-c3nc4ccccc4[nH]3)cc2)[C@H](OC(C)=O)[C@@H](OC(C)=O)[C@H]1OC(C)=O.